The zero-order chi connectivity index (χ0) is 17.6. The van der Waals surface area contributed by atoms with Crippen LogP contribution in [-0.4, -0.2) is 34.0 Å². The lowest BCUT2D eigenvalue weighted by molar-refractivity contribution is 0.188. The van der Waals surface area contributed by atoms with E-state index in [1.807, 2.05) is 6.20 Å². The van der Waals surface area contributed by atoms with Crippen molar-refractivity contribution in [2.45, 2.75) is 45.3 Å². The van der Waals surface area contributed by atoms with Crippen LogP contribution in [0.5, 0.6) is 0 Å². The molecule has 0 radical (unpaired) electrons. The van der Waals surface area contributed by atoms with Crippen LogP contribution in [0.4, 0.5) is 0 Å². The summed E-state index contributed by atoms with van der Waals surface area (Å²) in [5, 5.41) is 7.99. The van der Waals surface area contributed by atoms with Crippen LogP contribution in [0.25, 0.3) is 10.2 Å². The zero-order valence-corrected chi connectivity index (χ0v) is 16.7. The maximum Gasteiger partial charge on any atom is 0.107 e. The molecule has 2 aliphatic rings. The minimum absolute atomic E-state index is 0.549. The molecule has 2 aromatic heterocycles. The SMILES string of the molecule is Cc1nc2ccc(CN(Cc3nccs3)C3CC34CCNCC4)cc2s1. The number of rotatable bonds is 5. The second-order valence-electron chi connectivity index (χ2n) is 7.70. The van der Waals surface area contributed by atoms with Gasteiger partial charge < -0.3 is 5.32 Å². The monoisotopic (exact) mass is 384 g/mol. The summed E-state index contributed by atoms with van der Waals surface area (Å²) in [5.74, 6) is 0. The number of fused-ring (bicyclic) bond motifs is 1. The van der Waals surface area contributed by atoms with E-state index < -0.39 is 0 Å². The highest BCUT2D eigenvalue weighted by Gasteiger charge is 2.56. The van der Waals surface area contributed by atoms with Crippen molar-refractivity contribution in [1.82, 2.24) is 20.2 Å². The fourth-order valence-corrected chi connectivity index (χ4v) is 6.03. The molecule has 1 aliphatic heterocycles. The molecule has 1 atom stereocenters. The molecule has 3 aromatic rings. The summed E-state index contributed by atoms with van der Waals surface area (Å²) in [4.78, 5) is 11.8. The van der Waals surface area contributed by atoms with Crippen molar-refractivity contribution in [3.63, 3.8) is 0 Å². The first kappa shape index (κ1) is 16.8. The van der Waals surface area contributed by atoms with E-state index in [1.165, 1.54) is 47.6 Å². The molecule has 1 saturated carbocycles. The summed E-state index contributed by atoms with van der Waals surface area (Å²) < 4.78 is 1.31. The molecule has 1 aliphatic carbocycles. The number of nitrogens with one attached hydrogen (secondary N) is 1. The molecule has 6 heteroatoms. The van der Waals surface area contributed by atoms with Gasteiger partial charge in [0.15, 0.2) is 0 Å². The summed E-state index contributed by atoms with van der Waals surface area (Å²) >= 11 is 3.57. The van der Waals surface area contributed by atoms with Gasteiger partial charge in [-0.2, -0.15) is 0 Å². The number of benzene rings is 1. The van der Waals surface area contributed by atoms with Crippen LogP contribution in [0, 0.1) is 12.3 Å². The standard InChI is InChI=1S/C20H24N4S2/c1-14-23-16-3-2-15(10-17(16)26-14)12-24(13-19-22-8-9-25-19)18-11-20(18)4-6-21-7-5-20/h2-3,8-10,18,21H,4-7,11-13H2,1H3. The molecule has 3 heterocycles. The zero-order valence-electron chi connectivity index (χ0n) is 15.1. The second kappa shape index (κ2) is 6.68. The van der Waals surface area contributed by atoms with Crippen LogP contribution in [-0.2, 0) is 13.1 Å². The summed E-state index contributed by atoms with van der Waals surface area (Å²) in [6.45, 7) is 6.41. The summed E-state index contributed by atoms with van der Waals surface area (Å²) in [5.41, 5.74) is 3.07. The van der Waals surface area contributed by atoms with E-state index >= 15 is 0 Å². The number of aromatic nitrogens is 2. The highest BCUT2D eigenvalue weighted by atomic mass is 32.1. The molecule has 5 rings (SSSR count). The summed E-state index contributed by atoms with van der Waals surface area (Å²) in [7, 11) is 0. The quantitative estimate of drug-likeness (QED) is 0.716. The molecular formula is C20H24N4S2. The molecule has 1 saturated heterocycles. The number of piperidine rings is 1. The Balaban J connectivity index is 1.39. The molecule has 0 amide bonds. The number of hydrogen-bond acceptors (Lipinski definition) is 6. The largest absolute Gasteiger partial charge is 0.317 e. The predicted octanol–water partition coefficient (Wildman–Crippen LogP) is 4.21. The molecule has 1 N–H and O–H groups in total. The van der Waals surface area contributed by atoms with Crippen LogP contribution in [0.15, 0.2) is 29.8 Å². The van der Waals surface area contributed by atoms with Gasteiger partial charge in [-0.05, 0) is 62.4 Å². The van der Waals surface area contributed by atoms with Crippen molar-refractivity contribution < 1.29 is 0 Å². The Hall–Kier alpha value is -1.34. The molecule has 1 aromatic carbocycles. The Kier molecular flexibility index (Phi) is 4.32. The highest BCUT2D eigenvalue weighted by molar-refractivity contribution is 7.18. The summed E-state index contributed by atoms with van der Waals surface area (Å²) in [6.07, 6.45) is 5.91. The van der Waals surface area contributed by atoms with Gasteiger partial charge in [-0.3, -0.25) is 4.90 Å². The van der Waals surface area contributed by atoms with Gasteiger partial charge in [0.25, 0.3) is 0 Å². The van der Waals surface area contributed by atoms with Crippen molar-refractivity contribution >= 4 is 32.9 Å². The lowest BCUT2D eigenvalue weighted by Crippen LogP contribution is -2.35. The van der Waals surface area contributed by atoms with Gasteiger partial charge in [-0.1, -0.05) is 6.07 Å². The van der Waals surface area contributed by atoms with E-state index in [4.69, 9.17) is 0 Å². The fourth-order valence-electron chi connectivity index (χ4n) is 4.50. The van der Waals surface area contributed by atoms with E-state index in [0.717, 1.165) is 23.6 Å². The van der Waals surface area contributed by atoms with Gasteiger partial charge in [0.1, 0.15) is 5.01 Å². The maximum absolute atomic E-state index is 4.60. The predicted molar refractivity (Wildman–Crippen MR) is 109 cm³/mol. The van der Waals surface area contributed by atoms with E-state index in [2.05, 4.69) is 50.7 Å². The van der Waals surface area contributed by atoms with Crippen LogP contribution >= 0.6 is 22.7 Å². The molecule has 26 heavy (non-hydrogen) atoms. The van der Waals surface area contributed by atoms with Gasteiger partial charge in [0.05, 0.1) is 21.8 Å². The van der Waals surface area contributed by atoms with Crippen LogP contribution in [0.3, 0.4) is 0 Å². The van der Waals surface area contributed by atoms with Crippen LogP contribution in [0.1, 0.15) is 34.8 Å². The smallest absolute Gasteiger partial charge is 0.107 e. The maximum atomic E-state index is 4.60. The molecule has 2 fully saturated rings. The van der Waals surface area contributed by atoms with E-state index in [1.54, 1.807) is 22.7 Å². The minimum atomic E-state index is 0.549. The normalized spacial score (nSPS) is 21.7. The van der Waals surface area contributed by atoms with Crippen LogP contribution < -0.4 is 5.32 Å². The van der Waals surface area contributed by atoms with Gasteiger partial charge in [-0.25, -0.2) is 9.97 Å². The lowest BCUT2D eigenvalue weighted by atomic mass is 9.93. The summed E-state index contributed by atoms with van der Waals surface area (Å²) in [6, 6.07) is 7.48. The Bertz CT molecular complexity index is 896. The van der Waals surface area contributed by atoms with Gasteiger partial charge in [0, 0.05) is 24.2 Å². The van der Waals surface area contributed by atoms with Crippen molar-refractivity contribution in [1.29, 1.82) is 0 Å². The number of hydrogen-bond donors (Lipinski definition) is 1. The first-order valence-electron chi connectivity index (χ1n) is 9.41. The number of aryl methyl sites for hydroxylation is 1. The Labute approximate surface area is 162 Å². The van der Waals surface area contributed by atoms with Gasteiger partial charge >= 0.3 is 0 Å². The fraction of sp³-hybridized carbons (Fsp3) is 0.500. The lowest BCUT2D eigenvalue weighted by Gasteiger charge is -2.29. The topological polar surface area (TPSA) is 41.1 Å². The van der Waals surface area contributed by atoms with Crippen molar-refractivity contribution in [3.05, 3.63) is 45.4 Å². The first-order chi connectivity index (χ1) is 12.7. The Morgan fingerprint density at radius 3 is 2.96 bits per heavy atom. The van der Waals surface area contributed by atoms with E-state index in [9.17, 15) is 0 Å². The average molecular weight is 385 g/mol. The Morgan fingerprint density at radius 2 is 2.15 bits per heavy atom. The van der Waals surface area contributed by atoms with Crippen molar-refractivity contribution in [2.24, 2.45) is 5.41 Å². The van der Waals surface area contributed by atoms with Crippen LogP contribution in [0.2, 0.25) is 0 Å². The first-order valence-corrected chi connectivity index (χ1v) is 11.1. The molecule has 1 spiro atoms. The van der Waals surface area contributed by atoms with E-state index in [0.29, 0.717) is 11.5 Å². The van der Waals surface area contributed by atoms with E-state index in [-0.39, 0.29) is 0 Å². The average Bonchev–Trinajstić information content (AvgIpc) is 3.00. The third-order valence-electron chi connectivity index (χ3n) is 5.95. The van der Waals surface area contributed by atoms with Crippen molar-refractivity contribution in [3.8, 4) is 0 Å². The molecule has 1 unspecified atom stereocenters. The highest BCUT2D eigenvalue weighted by Crippen LogP contribution is 2.56. The van der Waals surface area contributed by atoms with Gasteiger partial charge in [0.2, 0.25) is 0 Å². The van der Waals surface area contributed by atoms with Crippen molar-refractivity contribution in [2.75, 3.05) is 13.1 Å². The minimum Gasteiger partial charge on any atom is -0.317 e. The third-order valence-corrected chi connectivity index (χ3v) is 7.65. The number of thiazole rings is 2. The molecule has 136 valence electrons. The number of nitrogens with zero attached hydrogens (tertiary/aromatic N) is 3. The molecular weight excluding hydrogens is 360 g/mol. The molecule has 0 bridgehead atoms. The Morgan fingerprint density at radius 1 is 1.27 bits per heavy atom. The third kappa shape index (κ3) is 3.20. The molecule has 4 nitrogen and oxygen atoms in total. The second-order valence-corrected chi connectivity index (χ2v) is 9.91. The van der Waals surface area contributed by atoms with Gasteiger partial charge in [-0.15, -0.1) is 22.7 Å².